The van der Waals surface area contributed by atoms with Gasteiger partial charge in [0.1, 0.15) is 0 Å². The highest BCUT2D eigenvalue weighted by Gasteiger charge is 2.19. The molecule has 1 atom stereocenters. The molecule has 0 fully saturated rings. The third-order valence-corrected chi connectivity index (χ3v) is 0.946. The molecular formula is C5H10FNO2. The average molecular weight is 135 g/mol. The predicted octanol–water partition coefficient (Wildman–Crippen LogP) is 0.486. The number of amides is 1. The summed E-state index contributed by atoms with van der Waals surface area (Å²) in [5.41, 5.74) is 1.23. The van der Waals surface area contributed by atoms with E-state index >= 15 is 0 Å². The van der Waals surface area contributed by atoms with Gasteiger partial charge in [-0.05, 0) is 5.92 Å². The monoisotopic (exact) mass is 135 g/mol. The number of hydrogen-bond donors (Lipinski definition) is 2. The Kier molecular flexibility index (Phi) is 3.16. The van der Waals surface area contributed by atoms with Crippen molar-refractivity contribution in [3.8, 4) is 0 Å². The lowest BCUT2D eigenvalue weighted by Crippen LogP contribution is -2.32. The molecule has 1 amide bonds. The van der Waals surface area contributed by atoms with Gasteiger partial charge in [0.25, 0.3) is 5.91 Å². The van der Waals surface area contributed by atoms with E-state index in [0.717, 1.165) is 0 Å². The zero-order chi connectivity index (χ0) is 7.44. The maximum atomic E-state index is 12.3. The topological polar surface area (TPSA) is 49.3 Å². The SMILES string of the molecule is CC(C)C(F)C(=O)NO. The van der Waals surface area contributed by atoms with Gasteiger partial charge in [0, 0.05) is 0 Å². The van der Waals surface area contributed by atoms with Gasteiger partial charge in [-0.1, -0.05) is 13.8 Å². The number of hydrogen-bond acceptors (Lipinski definition) is 2. The van der Waals surface area contributed by atoms with Crippen LogP contribution >= 0.6 is 0 Å². The molecule has 0 aliphatic rings. The zero-order valence-electron chi connectivity index (χ0n) is 5.39. The van der Waals surface area contributed by atoms with E-state index in [1.54, 1.807) is 13.8 Å². The first-order valence-corrected chi connectivity index (χ1v) is 2.67. The summed E-state index contributed by atoms with van der Waals surface area (Å²) in [6.07, 6.45) is -1.62. The van der Waals surface area contributed by atoms with Crippen LogP contribution in [-0.4, -0.2) is 17.3 Å². The maximum Gasteiger partial charge on any atom is 0.278 e. The van der Waals surface area contributed by atoms with Crippen LogP contribution in [0.2, 0.25) is 0 Å². The van der Waals surface area contributed by atoms with Crippen molar-refractivity contribution in [1.82, 2.24) is 5.48 Å². The fourth-order valence-electron chi connectivity index (χ4n) is 0.364. The lowest BCUT2D eigenvalue weighted by atomic mass is 10.1. The summed E-state index contributed by atoms with van der Waals surface area (Å²) in [7, 11) is 0. The normalized spacial score (nSPS) is 13.4. The molecule has 54 valence electrons. The van der Waals surface area contributed by atoms with Gasteiger partial charge < -0.3 is 0 Å². The number of hydroxylamine groups is 1. The molecule has 3 nitrogen and oxygen atoms in total. The number of rotatable bonds is 2. The summed E-state index contributed by atoms with van der Waals surface area (Å²) >= 11 is 0. The van der Waals surface area contributed by atoms with E-state index in [2.05, 4.69) is 0 Å². The van der Waals surface area contributed by atoms with Crippen LogP contribution < -0.4 is 5.48 Å². The van der Waals surface area contributed by atoms with Gasteiger partial charge in [0.2, 0.25) is 0 Å². The van der Waals surface area contributed by atoms with Crippen LogP contribution in [-0.2, 0) is 4.79 Å². The van der Waals surface area contributed by atoms with Crippen molar-refractivity contribution in [1.29, 1.82) is 0 Å². The molecule has 2 N–H and O–H groups in total. The molecule has 0 aliphatic carbocycles. The molecule has 0 saturated heterocycles. The van der Waals surface area contributed by atoms with Gasteiger partial charge in [0.05, 0.1) is 0 Å². The minimum absolute atomic E-state index is 0.392. The fourth-order valence-corrected chi connectivity index (χ4v) is 0.364. The molecule has 1 unspecified atom stereocenters. The Bertz CT molecular complexity index is 105. The molecule has 0 saturated carbocycles. The van der Waals surface area contributed by atoms with Crippen molar-refractivity contribution in [2.75, 3.05) is 0 Å². The molecule has 4 heteroatoms. The first-order valence-electron chi connectivity index (χ1n) is 2.67. The number of carbonyl (C=O) groups excluding carboxylic acids is 1. The molecule has 0 rings (SSSR count). The third-order valence-electron chi connectivity index (χ3n) is 0.946. The quantitative estimate of drug-likeness (QED) is 0.427. The summed E-state index contributed by atoms with van der Waals surface area (Å²) in [5.74, 6) is -1.37. The summed E-state index contributed by atoms with van der Waals surface area (Å²) in [6, 6.07) is 0. The third kappa shape index (κ3) is 2.41. The van der Waals surface area contributed by atoms with Crippen LogP contribution in [0, 0.1) is 5.92 Å². The second kappa shape index (κ2) is 3.40. The van der Waals surface area contributed by atoms with Crippen LogP contribution in [0.5, 0.6) is 0 Å². The summed E-state index contributed by atoms with van der Waals surface area (Å²) in [4.78, 5) is 10.2. The molecule has 0 bridgehead atoms. The summed E-state index contributed by atoms with van der Waals surface area (Å²) in [5, 5.41) is 7.91. The minimum atomic E-state index is -1.62. The highest BCUT2D eigenvalue weighted by molar-refractivity contribution is 5.79. The average Bonchev–Trinajstić information content (AvgIpc) is 1.84. The lowest BCUT2D eigenvalue weighted by molar-refractivity contribution is -0.135. The Morgan fingerprint density at radius 3 is 2.22 bits per heavy atom. The summed E-state index contributed by atoms with van der Waals surface area (Å²) < 4.78 is 12.3. The van der Waals surface area contributed by atoms with Gasteiger partial charge in [-0.25, -0.2) is 9.87 Å². The highest BCUT2D eigenvalue weighted by Crippen LogP contribution is 2.04. The van der Waals surface area contributed by atoms with E-state index in [-0.39, 0.29) is 0 Å². The van der Waals surface area contributed by atoms with E-state index in [0.29, 0.717) is 0 Å². The summed E-state index contributed by atoms with van der Waals surface area (Å²) in [6.45, 7) is 3.11. The second-order valence-electron chi connectivity index (χ2n) is 2.12. The highest BCUT2D eigenvalue weighted by atomic mass is 19.1. The molecule has 0 radical (unpaired) electrons. The Labute approximate surface area is 52.8 Å². The predicted molar refractivity (Wildman–Crippen MR) is 29.7 cm³/mol. The van der Waals surface area contributed by atoms with E-state index in [1.165, 1.54) is 5.48 Å². The van der Waals surface area contributed by atoms with Crippen molar-refractivity contribution in [2.24, 2.45) is 5.92 Å². The van der Waals surface area contributed by atoms with Gasteiger partial charge in [-0.2, -0.15) is 0 Å². The standard InChI is InChI=1S/C5H10FNO2/c1-3(2)4(6)5(8)7-9/h3-4,9H,1-2H3,(H,7,8). The maximum absolute atomic E-state index is 12.3. The first-order chi connectivity index (χ1) is 4.09. The van der Waals surface area contributed by atoms with Crippen LogP contribution in [0.25, 0.3) is 0 Å². The molecule has 0 spiro atoms. The Morgan fingerprint density at radius 1 is 1.67 bits per heavy atom. The molecule has 0 aromatic heterocycles. The van der Waals surface area contributed by atoms with Gasteiger partial charge in [-0.3, -0.25) is 10.0 Å². The van der Waals surface area contributed by atoms with E-state index in [4.69, 9.17) is 5.21 Å². The van der Waals surface area contributed by atoms with E-state index < -0.39 is 18.0 Å². The minimum Gasteiger partial charge on any atom is -0.289 e. The van der Waals surface area contributed by atoms with Crippen molar-refractivity contribution in [3.05, 3.63) is 0 Å². The van der Waals surface area contributed by atoms with Gasteiger partial charge in [-0.15, -0.1) is 0 Å². The number of nitrogens with one attached hydrogen (secondary N) is 1. The van der Waals surface area contributed by atoms with E-state index in [1.807, 2.05) is 0 Å². The van der Waals surface area contributed by atoms with Crippen LogP contribution in [0.15, 0.2) is 0 Å². The van der Waals surface area contributed by atoms with Crippen molar-refractivity contribution >= 4 is 5.91 Å². The Hall–Kier alpha value is -0.640. The van der Waals surface area contributed by atoms with Crippen molar-refractivity contribution in [3.63, 3.8) is 0 Å². The molecule has 0 heterocycles. The van der Waals surface area contributed by atoms with E-state index in [9.17, 15) is 9.18 Å². The first kappa shape index (κ1) is 8.36. The molecule has 0 aliphatic heterocycles. The molecule has 0 aromatic carbocycles. The van der Waals surface area contributed by atoms with Gasteiger partial charge >= 0.3 is 0 Å². The molecular weight excluding hydrogens is 125 g/mol. The number of carbonyl (C=O) groups is 1. The Balaban J connectivity index is 3.72. The molecule has 9 heavy (non-hydrogen) atoms. The number of alkyl halides is 1. The second-order valence-corrected chi connectivity index (χ2v) is 2.12. The van der Waals surface area contributed by atoms with Crippen molar-refractivity contribution in [2.45, 2.75) is 20.0 Å². The smallest absolute Gasteiger partial charge is 0.278 e. The van der Waals surface area contributed by atoms with Crippen molar-refractivity contribution < 1.29 is 14.4 Å². The lowest BCUT2D eigenvalue weighted by Gasteiger charge is -2.07. The molecule has 0 aromatic rings. The van der Waals surface area contributed by atoms with Crippen LogP contribution in [0.4, 0.5) is 4.39 Å². The van der Waals surface area contributed by atoms with Crippen LogP contribution in [0.3, 0.4) is 0 Å². The fraction of sp³-hybridized carbons (Fsp3) is 0.800. The Morgan fingerprint density at radius 2 is 2.11 bits per heavy atom. The number of halogens is 1. The van der Waals surface area contributed by atoms with Gasteiger partial charge in [0.15, 0.2) is 6.17 Å². The zero-order valence-corrected chi connectivity index (χ0v) is 5.39. The largest absolute Gasteiger partial charge is 0.289 e. The van der Waals surface area contributed by atoms with Crippen LogP contribution in [0.1, 0.15) is 13.8 Å².